The van der Waals surface area contributed by atoms with Gasteiger partial charge in [0.1, 0.15) is 0 Å². The fourth-order valence-corrected chi connectivity index (χ4v) is 0.789. The molecule has 1 aliphatic heterocycles. The Morgan fingerprint density at radius 3 is 2.62 bits per heavy atom. The molecule has 0 aromatic heterocycles. The Bertz CT molecular complexity index is 113. The summed E-state index contributed by atoms with van der Waals surface area (Å²) in [6.07, 6.45) is 0. The SMILES string of the molecule is CC1C(=O)NC1CN. The Balaban J connectivity index is 2.35. The Hall–Kier alpha value is -0.570. The summed E-state index contributed by atoms with van der Waals surface area (Å²) in [6.45, 7) is 2.45. The number of carbonyl (C=O) groups is 1. The molecule has 0 spiro atoms. The monoisotopic (exact) mass is 114 g/mol. The van der Waals surface area contributed by atoms with Gasteiger partial charge in [-0.1, -0.05) is 6.92 Å². The van der Waals surface area contributed by atoms with Crippen LogP contribution in [0.25, 0.3) is 0 Å². The number of hydrogen-bond donors (Lipinski definition) is 2. The van der Waals surface area contributed by atoms with E-state index in [0.29, 0.717) is 6.54 Å². The number of β-lactam (4-membered cyclic amide) rings is 1. The van der Waals surface area contributed by atoms with Gasteiger partial charge in [-0.15, -0.1) is 0 Å². The highest BCUT2D eigenvalue weighted by Gasteiger charge is 2.33. The topological polar surface area (TPSA) is 55.1 Å². The quantitative estimate of drug-likeness (QED) is 0.433. The smallest absolute Gasteiger partial charge is 0.225 e. The lowest BCUT2D eigenvalue weighted by Gasteiger charge is -2.32. The van der Waals surface area contributed by atoms with Crippen molar-refractivity contribution in [2.45, 2.75) is 13.0 Å². The van der Waals surface area contributed by atoms with Crippen LogP contribution in [-0.2, 0) is 4.79 Å². The van der Waals surface area contributed by atoms with Gasteiger partial charge in [0.15, 0.2) is 0 Å². The lowest BCUT2D eigenvalue weighted by molar-refractivity contribution is -0.133. The van der Waals surface area contributed by atoms with Gasteiger partial charge in [0.2, 0.25) is 5.91 Å². The summed E-state index contributed by atoms with van der Waals surface area (Å²) in [4.78, 5) is 10.4. The number of amides is 1. The molecule has 0 radical (unpaired) electrons. The molecular formula is C5H10N2O. The van der Waals surface area contributed by atoms with Gasteiger partial charge >= 0.3 is 0 Å². The Morgan fingerprint density at radius 2 is 2.50 bits per heavy atom. The summed E-state index contributed by atoms with van der Waals surface area (Å²) in [5.74, 6) is 0.264. The molecule has 0 aromatic rings. The summed E-state index contributed by atoms with van der Waals surface area (Å²) >= 11 is 0. The molecule has 1 fully saturated rings. The molecule has 1 amide bonds. The van der Waals surface area contributed by atoms with Gasteiger partial charge in [-0.25, -0.2) is 0 Å². The van der Waals surface area contributed by atoms with Gasteiger partial charge in [-0.2, -0.15) is 0 Å². The number of rotatable bonds is 1. The van der Waals surface area contributed by atoms with E-state index in [1.807, 2.05) is 6.92 Å². The highest BCUT2D eigenvalue weighted by Crippen LogP contribution is 2.11. The van der Waals surface area contributed by atoms with Crippen molar-refractivity contribution >= 4 is 5.91 Å². The number of nitrogens with one attached hydrogen (secondary N) is 1. The van der Waals surface area contributed by atoms with E-state index in [2.05, 4.69) is 5.32 Å². The van der Waals surface area contributed by atoms with E-state index >= 15 is 0 Å². The molecular weight excluding hydrogens is 104 g/mol. The third-order valence-electron chi connectivity index (χ3n) is 1.60. The van der Waals surface area contributed by atoms with Crippen molar-refractivity contribution in [3.05, 3.63) is 0 Å². The summed E-state index contributed by atoms with van der Waals surface area (Å²) in [6, 6.07) is 0.238. The predicted octanol–water partition coefficient (Wildman–Crippen LogP) is -0.920. The first-order valence-electron chi connectivity index (χ1n) is 2.76. The van der Waals surface area contributed by atoms with Gasteiger partial charge < -0.3 is 11.1 Å². The summed E-state index contributed by atoms with van der Waals surface area (Å²) in [5.41, 5.74) is 5.27. The van der Waals surface area contributed by atoms with E-state index in [4.69, 9.17) is 5.73 Å². The number of nitrogens with two attached hydrogens (primary N) is 1. The lowest BCUT2D eigenvalue weighted by atomic mass is 9.93. The average Bonchev–Trinajstić information content (AvgIpc) is 1.81. The van der Waals surface area contributed by atoms with Gasteiger partial charge in [0.25, 0.3) is 0 Å². The first-order valence-corrected chi connectivity index (χ1v) is 2.76. The molecule has 1 aliphatic rings. The molecule has 0 aromatic carbocycles. The van der Waals surface area contributed by atoms with Crippen molar-refractivity contribution in [2.75, 3.05) is 6.54 Å². The zero-order valence-corrected chi connectivity index (χ0v) is 4.85. The summed E-state index contributed by atoms with van der Waals surface area (Å²) < 4.78 is 0. The fourth-order valence-electron chi connectivity index (χ4n) is 0.789. The number of carbonyl (C=O) groups excluding carboxylic acids is 1. The average molecular weight is 114 g/mol. The van der Waals surface area contributed by atoms with Gasteiger partial charge in [-0.05, 0) is 0 Å². The molecule has 2 atom stereocenters. The zero-order chi connectivity index (χ0) is 6.15. The molecule has 0 aliphatic carbocycles. The highest BCUT2D eigenvalue weighted by molar-refractivity contribution is 5.85. The highest BCUT2D eigenvalue weighted by atomic mass is 16.2. The molecule has 1 heterocycles. The van der Waals surface area contributed by atoms with Gasteiger partial charge in [0, 0.05) is 6.54 Å². The maximum atomic E-state index is 10.4. The second kappa shape index (κ2) is 1.74. The second-order valence-corrected chi connectivity index (χ2v) is 2.14. The van der Waals surface area contributed by atoms with E-state index in [0.717, 1.165) is 0 Å². The first-order chi connectivity index (χ1) is 3.75. The van der Waals surface area contributed by atoms with Crippen molar-refractivity contribution in [3.8, 4) is 0 Å². The molecule has 2 unspecified atom stereocenters. The van der Waals surface area contributed by atoms with Gasteiger partial charge in [-0.3, -0.25) is 4.79 Å². The van der Waals surface area contributed by atoms with E-state index in [1.165, 1.54) is 0 Å². The lowest BCUT2D eigenvalue weighted by Crippen LogP contribution is -2.59. The van der Waals surface area contributed by atoms with E-state index < -0.39 is 0 Å². The minimum atomic E-state index is 0.125. The number of hydrogen-bond acceptors (Lipinski definition) is 2. The van der Waals surface area contributed by atoms with Crippen LogP contribution in [0.4, 0.5) is 0 Å². The minimum Gasteiger partial charge on any atom is -0.351 e. The fraction of sp³-hybridized carbons (Fsp3) is 0.800. The largest absolute Gasteiger partial charge is 0.351 e. The summed E-state index contributed by atoms with van der Waals surface area (Å²) in [7, 11) is 0. The van der Waals surface area contributed by atoms with E-state index in [-0.39, 0.29) is 17.9 Å². The van der Waals surface area contributed by atoms with E-state index in [9.17, 15) is 4.79 Å². The predicted molar refractivity (Wildman–Crippen MR) is 30.1 cm³/mol. The van der Waals surface area contributed by atoms with Crippen LogP contribution in [0, 0.1) is 5.92 Å². The maximum absolute atomic E-state index is 10.4. The first kappa shape index (κ1) is 5.56. The van der Waals surface area contributed by atoms with Crippen molar-refractivity contribution in [2.24, 2.45) is 11.7 Å². The molecule has 3 nitrogen and oxygen atoms in total. The van der Waals surface area contributed by atoms with Crippen LogP contribution < -0.4 is 11.1 Å². The Labute approximate surface area is 48.2 Å². The molecule has 8 heavy (non-hydrogen) atoms. The Kier molecular flexibility index (Phi) is 1.21. The van der Waals surface area contributed by atoms with Crippen LogP contribution in [0.15, 0.2) is 0 Å². The van der Waals surface area contributed by atoms with Crippen LogP contribution in [0.3, 0.4) is 0 Å². The van der Waals surface area contributed by atoms with Crippen LogP contribution in [0.5, 0.6) is 0 Å². The van der Waals surface area contributed by atoms with Crippen molar-refractivity contribution in [1.29, 1.82) is 0 Å². The third-order valence-corrected chi connectivity index (χ3v) is 1.60. The minimum absolute atomic E-state index is 0.125. The van der Waals surface area contributed by atoms with E-state index in [1.54, 1.807) is 0 Å². The summed E-state index contributed by atoms with van der Waals surface area (Å²) in [5, 5.41) is 2.68. The van der Waals surface area contributed by atoms with Crippen molar-refractivity contribution < 1.29 is 4.79 Å². The molecule has 3 heteroatoms. The van der Waals surface area contributed by atoms with Crippen LogP contribution >= 0.6 is 0 Å². The molecule has 1 rings (SSSR count). The van der Waals surface area contributed by atoms with Crippen LogP contribution in [0.2, 0.25) is 0 Å². The molecule has 46 valence electrons. The zero-order valence-electron chi connectivity index (χ0n) is 4.85. The maximum Gasteiger partial charge on any atom is 0.225 e. The van der Waals surface area contributed by atoms with Crippen molar-refractivity contribution in [3.63, 3.8) is 0 Å². The second-order valence-electron chi connectivity index (χ2n) is 2.14. The standard InChI is InChI=1S/C5H10N2O/c1-3-4(2-6)7-5(3)8/h3-4H,2,6H2,1H3,(H,7,8). The van der Waals surface area contributed by atoms with Crippen molar-refractivity contribution in [1.82, 2.24) is 5.32 Å². The van der Waals surface area contributed by atoms with Crippen LogP contribution in [-0.4, -0.2) is 18.5 Å². The third kappa shape index (κ3) is 0.591. The molecule has 3 N–H and O–H groups in total. The molecule has 0 bridgehead atoms. The van der Waals surface area contributed by atoms with Crippen LogP contribution in [0.1, 0.15) is 6.92 Å². The Morgan fingerprint density at radius 1 is 1.88 bits per heavy atom. The molecule has 1 saturated heterocycles. The molecule has 0 saturated carbocycles. The normalized spacial score (nSPS) is 36.0. The van der Waals surface area contributed by atoms with Gasteiger partial charge in [0.05, 0.1) is 12.0 Å².